The lowest BCUT2D eigenvalue weighted by atomic mass is 9.61. The Bertz CT molecular complexity index is 500. The third-order valence-electron chi connectivity index (χ3n) is 3.30. The molecule has 0 spiro atoms. The summed E-state index contributed by atoms with van der Waals surface area (Å²) in [5.74, 6) is -2.83. The molecule has 2 N–H and O–H groups in total. The molecule has 2 rings (SSSR count). The number of nitro groups is 1. The van der Waals surface area contributed by atoms with E-state index in [-0.39, 0.29) is 22.8 Å². The Labute approximate surface area is 107 Å². The molecule has 0 aromatic heterocycles. The molecule has 0 bridgehead atoms. The largest absolute Gasteiger partial charge is 0.330 e. The van der Waals surface area contributed by atoms with Crippen LogP contribution in [-0.2, 0) is 5.41 Å². The van der Waals surface area contributed by atoms with E-state index in [0.717, 1.165) is 0 Å². The summed E-state index contributed by atoms with van der Waals surface area (Å²) < 4.78 is 26.2. The van der Waals surface area contributed by atoms with Gasteiger partial charge in [-0.05, 0) is 6.07 Å². The second kappa shape index (κ2) is 4.13. The predicted molar refractivity (Wildman–Crippen MR) is 63.0 cm³/mol. The second-order valence-corrected chi connectivity index (χ2v) is 4.99. The summed E-state index contributed by atoms with van der Waals surface area (Å²) in [7, 11) is 0. The summed E-state index contributed by atoms with van der Waals surface area (Å²) in [6, 6.07) is 4.14. The van der Waals surface area contributed by atoms with Crippen molar-refractivity contribution in [2.75, 3.05) is 6.54 Å². The Morgan fingerprint density at radius 1 is 1.44 bits per heavy atom. The third kappa shape index (κ3) is 1.95. The number of nitrogens with two attached hydrogens (primary N) is 1. The number of benzene rings is 1. The highest BCUT2D eigenvalue weighted by Crippen LogP contribution is 2.56. The van der Waals surface area contributed by atoms with E-state index in [1.165, 1.54) is 18.2 Å². The van der Waals surface area contributed by atoms with Crippen LogP contribution in [0.1, 0.15) is 18.4 Å². The summed E-state index contributed by atoms with van der Waals surface area (Å²) in [6.45, 7) is -0.0901. The topological polar surface area (TPSA) is 69.2 Å². The minimum absolute atomic E-state index is 0.0901. The van der Waals surface area contributed by atoms with E-state index >= 15 is 0 Å². The Morgan fingerprint density at radius 2 is 2.06 bits per heavy atom. The lowest BCUT2D eigenvalue weighted by Crippen LogP contribution is -2.54. The number of hydrogen-bond donors (Lipinski definition) is 1. The van der Waals surface area contributed by atoms with Crippen molar-refractivity contribution in [3.63, 3.8) is 0 Å². The minimum Gasteiger partial charge on any atom is -0.330 e. The average molecular weight is 277 g/mol. The van der Waals surface area contributed by atoms with Gasteiger partial charge in [-0.2, -0.15) is 0 Å². The van der Waals surface area contributed by atoms with Crippen LogP contribution in [0.5, 0.6) is 0 Å². The fourth-order valence-corrected chi connectivity index (χ4v) is 2.92. The number of nitro benzene ring substituents is 1. The molecular weight excluding hydrogens is 266 g/mol. The van der Waals surface area contributed by atoms with Crippen LogP contribution in [0.15, 0.2) is 18.2 Å². The summed E-state index contributed by atoms with van der Waals surface area (Å²) >= 11 is 5.94. The van der Waals surface area contributed by atoms with Crippen molar-refractivity contribution < 1.29 is 13.7 Å². The van der Waals surface area contributed by atoms with Crippen LogP contribution in [0.2, 0.25) is 5.02 Å². The standard InChI is InChI=1S/C11H11ClF2N2O2/c12-7-2-1-3-8(16(17)18)9(7)10(6-15)4-11(13,14)5-10/h1-3H,4-6,15H2. The summed E-state index contributed by atoms with van der Waals surface area (Å²) in [5.41, 5.74) is 4.34. The first-order valence-electron chi connectivity index (χ1n) is 5.33. The van der Waals surface area contributed by atoms with Gasteiger partial charge in [0, 0.05) is 30.9 Å². The maximum Gasteiger partial charge on any atom is 0.274 e. The molecule has 0 aliphatic heterocycles. The van der Waals surface area contributed by atoms with Crippen molar-refractivity contribution in [1.82, 2.24) is 0 Å². The van der Waals surface area contributed by atoms with Gasteiger partial charge in [0.1, 0.15) is 0 Å². The van der Waals surface area contributed by atoms with Gasteiger partial charge in [-0.1, -0.05) is 17.7 Å². The van der Waals surface area contributed by atoms with Gasteiger partial charge in [0.05, 0.1) is 15.5 Å². The van der Waals surface area contributed by atoms with Crippen LogP contribution in [0.3, 0.4) is 0 Å². The molecular formula is C11H11ClF2N2O2. The molecule has 98 valence electrons. The highest BCUT2D eigenvalue weighted by Gasteiger charge is 2.59. The molecule has 1 aromatic rings. The molecule has 7 heteroatoms. The van der Waals surface area contributed by atoms with Crippen molar-refractivity contribution in [2.24, 2.45) is 5.73 Å². The molecule has 0 atom stereocenters. The third-order valence-corrected chi connectivity index (χ3v) is 3.62. The molecule has 1 aliphatic carbocycles. The summed E-state index contributed by atoms with van der Waals surface area (Å²) in [6.07, 6.45) is -0.998. The minimum atomic E-state index is -2.83. The zero-order valence-electron chi connectivity index (χ0n) is 9.33. The van der Waals surface area contributed by atoms with Gasteiger partial charge in [0.25, 0.3) is 5.69 Å². The molecule has 0 heterocycles. The predicted octanol–water partition coefficient (Wildman–Crippen LogP) is 2.87. The highest BCUT2D eigenvalue weighted by molar-refractivity contribution is 6.31. The van der Waals surface area contributed by atoms with Crippen LogP contribution in [0.25, 0.3) is 0 Å². The van der Waals surface area contributed by atoms with Crippen molar-refractivity contribution in [3.8, 4) is 0 Å². The van der Waals surface area contributed by atoms with Crippen molar-refractivity contribution in [3.05, 3.63) is 38.9 Å². The van der Waals surface area contributed by atoms with Crippen LogP contribution in [0, 0.1) is 10.1 Å². The highest BCUT2D eigenvalue weighted by atomic mass is 35.5. The lowest BCUT2D eigenvalue weighted by Gasteiger charge is -2.46. The summed E-state index contributed by atoms with van der Waals surface area (Å²) in [5, 5.41) is 11.1. The fourth-order valence-electron chi connectivity index (χ4n) is 2.55. The monoisotopic (exact) mass is 276 g/mol. The molecule has 1 saturated carbocycles. The Balaban J connectivity index is 2.53. The zero-order chi connectivity index (χ0) is 13.6. The number of rotatable bonds is 3. The molecule has 0 unspecified atom stereocenters. The Kier molecular flexibility index (Phi) is 3.03. The maximum atomic E-state index is 13.1. The molecule has 0 amide bonds. The van der Waals surface area contributed by atoms with E-state index in [4.69, 9.17) is 17.3 Å². The van der Waals surface area contributed by atoms with Crippen LogP contribution in [-0.4, -0.2) is 17.4 Å². The molecule has 4 nitrogen and oxygen atoms in total. The number of hydrogen-bond acceptors (Lipinski definition) is 3. The number of nitrogens with zero attached hydrogens (tertiary/aromatic N) is 1. The molecule has 1 aliphatic rings. The molecule has 1 aromatic carbocycles. The van der Waals surface area contributed by atoms with E-state index in [9.17, 15) is 18.9 Å². The molecule has 1 fully saturated rings. The normalized spacial score (nSPS) is 20.2. The SMILES string of the molecule is NCC1(c2c(Cl)cccc2[N+](=O)[O-])CC(F)(F)C1. The average Bonchev–Trinajstić information content (AvgIpc) is 2.24. The van der Waals surface area contributed by atoms with Crippen molar-refractivity contribution in [2.45, 2.75) is 24.2 Å². The van der Waals surface area contributed by atoms with E-state index in [0.29, 0.717) is 0 Å². The lowest BCUT2D eigenvalue weighted by molar-refractivity contribution is -0.386. The van der Waals surface area contributed by atoms with E-state index in [2.05, 4.69) is 0 Å². The first kappa shape index (κ1) is 13.2. The quantitative estimate of drug-likeness (QED) is 0.682. The Morgan fingerprint density at radius 3 is 2.50 bits per heavy atom. The van der Waals surface area contributed by atoms with Crippen LogP contribution in [0.4, 0.5) is 14.5 Å². The van der Waals surface area contributed by atoms with E-state index < -0.39 is 29.1 Å². The van der Waals surface area contributed by atoms with Gasteiger partial charge < -0.3 is 5.73 Å². The summed E-state index contributed by atoms with van der Waals surface area (Å²) in [4.78, 5) is 10.3. The first-order chi connectivity index (χ1) is 8.31. The Hall–Kier alpha value is -1.27. The number of halogens is 3. The molecule has 0 radical (unpaired) electrons. The van der Waals surface area contributed by atoms with Gasteiger partial charge >= 0.3 is 0 Å². The number of alkyl halides is 2. The first-order valence-corrected chi connectivity index (χ1v) is 5.70. The maximum absolute atomic E-state index is 13.1. The van der Waals surface area contributed by atoms with Crippen molar-refractivity contribution >= 4 is 17.3 Å². The van der Waals surface area contributed by atoms with Gasteiger partial charge in [-0.15, -0.1) is 0 Å². The molecule has 0 saturated heterocycles. The van der Waals surface area contributed by atoms with Gasteiger partial charge in [-0.25, -0.2) is 8.78 Å². The van der Waals surface area contributed by atoms with Crippen LogP contribution >= 0.6 is 11.6 Å². The smallest absolute Gasteiger partial charge is 0.274 e. The fraction of sp³-hybridized carbons (Fsp3) is 0.455. The van der Waals surface area contributed by atoms with Gasteiger partial charge in [0.15, 0.2) is 0 Å². The zero-order valence-corrected chi connectivity index (χ0v) is 10.1. The van der Waals surface area contributed by atoms with Crippen LogP contribution < -0.4 is 5.73 Å². The van der Waals surface area contributed by atoms with Crippen molar-refractivity contribution in [1.29, 1.82) is 0 Å². The van der Waals surface area contributed by atoms with E-state index in [1.54, 1.807) is 0 Å². The second-order valence-electron chi connectivity index (χ2n) is 4.59. The molecule has 18 heavy (non-hydrogen) atoms. The van der Waals surface area contributed by atoms with Gasteiger partial charge in [0.2, 0.25) is 5.92 Å². The van der Waals surface area contributed by atoms with E-state index in [1.807, 2.05) is 0 Å². The van der Waals surface area contributed by atoms with Gasteiger partial charge in [-0.3, -0.25) is 10.1 Å².